The van der Waals surface area contributed by atoms with E-state index in [1.54, 1.807) is 13.1 Å². The van der Waals surface area contributed by atoms with Crippen LogP contribution < -0.4 is 0 Å². The van der Waals surface area contributed by atoms with Crippen molar-refractivity contribution >= 4 is 0 Å². The number of halogens is 1. The van der Waals surface area contributed by atoms with Gasteiger partial charge in [0.05, 0.1) is 0 Å². The molecular formula is C9H14FN. The zero-order valence-electron chi connectivity index (χ0n) is 7.48. The van der Waals surface area contributed by atoms with Gasteiger partial charge in [-0.1, -0.05) is 20.8 Å². The first-order valence-electron chi connectivity index (χ1n) is 3.73. The van der Waals surface area contributed by atoms with Gasteiger partial charge in [0.1, 0.15) is 0 Å². The molecule has 0 spiro atoms. The maximum Gasteiger partial charge on any atom is 0.193 e. The number of nitrogens with zero attached hydrogens (tertiary/aromatic N) is 1. The van der Waals surface area contributed by atoms with Crippen molar-refractivity contribution in [2.45, 2.75) is 26.2 Å². The van der Waals surface area contributed by atoms with Gasteiger partial charge < -0.3 is 4.57 Å². The van der Waals surface area contributed by atoms with Gasteiger partial charge in [0.15, 0.2) is 5.95 Å². The van der Waals surface area contributed by atoms with E-state index in [0.717, 1.165) is 5.56 Å². The van der Waals surface area contributed by atoms with Crippen LogP contribution in [0.5, 0.6) is 0 Å². The molecule has 0 atom stereocenters. The minimum atomic E-state index is -0.171. The second kappa shape index (κ2) is 2.36. The minimum absolute atomic E-state index is 0.0437. The van der Waals surface area contributed by atoms with E-state index >= 15 is 0 Å². The first-order chi connectivity index (χ1) is 4.91. The molecule has 1 nitrogen and oxygen atoms in total. The smallest absolute Gasteiger partial charge is 0.193 e. The molecule has 11 heavy (non-hydrogen) atoms. The zero-order valence-corrected chi connectivity index (χ0v) is 7.48. The molecule has 1 aromatic rings. The van der Waals surface area contributed by atoms with Crippen molar-refractivity contribution in [3.8, 4) is 0 Å². The minimum Gasteiger partial charge on any atom is -0.328 e. The molecule has 0 bridgehead atoms. The summed E-state index contributed by atoms with van der Waals surface area (Å²) in [5, 5.41) is 0. The molecule has 0 aliphatic heterocycles. The standard InChI is InChI=1S/C9H14FN/c1-9(2,3)7-5-8(10)11(4)6-7/h5-6H,1-4H3. The van der Waals surface area contributed by atoms with Crippen LogP contribution in [-0.2, 0) is 12.5 Å². The van der Waals surface area contributed by atoms with E-state index in [1.165, 1.54) is 4.57 Å². The van der Waals surface area contributed by atoms with Crippen LogP contribution in [0.15, 0.2) is 12.3 Å². The Bertz CT molecular complexity index is 236. The average molecular weight is 155 g/mol. The van der Waals surface area contributed by atoms with E-state index < -0.39 is 0 Å². The summed E-state index contributed by atoms with van der Waals surface area (Å²) in [7, 11) is 1.71. The molecule has 1 aromatic heterocycles. The van der Waals surface area contributed by atoms with Crippen molar-refractivity contribution in [2.24, 2.45) is 7.05 Å². The molecule has 1 heterocycles. The molecule has 1 rings (SSSR count). The fourth-order valence-corrected chi connectivity index (χ4v) is 0.948. The summed E-state index contributed by atoms with van der Waals surface area (Å²) < 4.78 is 14.3. The van der Waals surface area contributed by atoms with Crippen LogP contribution in [-0.4, -0.2) is 4.57 Å². The Labute approximate surface area is 66.8 Å². The van der Waals surface area contributed by atoms with Gasteiger partial charge in [0.25, 0.3) is 0 Å². The summed E-state index contributed by atoms with van der Waals surface area (Å²) in [4.78, 5) is 0. The topological polar surface area (TPSA) is 4.93 Å². The van der Waals surface area contributed by atoms with Gasteiger partial charge in [-0.3, -0.25) is 0 Å². The lowest BCUT2D eigenvalue weighted by atomic mass is 9.89. The second-order valence-electron chi connectivity index (χ2n) is 3.91. The van der Waals surface area contributed by atoms with E-state index in [4.69, 9.17) is 0 Å². The third kappa shape index (κ3) is 1.62. The van der Waals surface area contributed by atoms with Gasteiger partial charge in [-0.05, 0) is 17.0 Å². The lowest BCUT2D eigenvalue weighted by Gasteiger charge is -2.15. The predicted molar refractivity (Wildman–Crippen MR) is 44.1 cm³/mol. The van der Waals surface area contributed by atoms with Gasteiger partial charge in [-0.2, -0.15) is 4.39 Å². The third-order valence-corrected chi connectivity index (χ3v) is 1.81. The predicted octanol–water partition coefficient (Wildman–Crippen LogP) is 2.46. The van der Waals surface area contributed by atoms with Gasteiger partial charge in [-0.25, -0.2) is 0 Å². The van der Waals surface area contributed by atoms with Crippen LogP contribution in [0.3, 0.4) is 0 Å². The molecule has 0 unspecified atom stereocenters. The Hall–Kier alpha value is -0.790. The van der Waals surface area contributed by atoms with Crippen LogP contribution in [0.1, 0.15) is 26.3 Å². The molecule has 0 N–H and O–H groups in total. The Morgan fingerprint density at radius 3 is 2.09 bits per heavy atom. The van der Waals surface area contributed by atoms with Crippen LogP contribution in [0.2, 0.25) is 0 Å². The molecule has 0 saturated carbocycles. The van der Waals surface area contributed by atoms with E-state index in [9.17, 15) is 4.39 Å². The summed E-state index contributed by atoms with van der Waals surface area (Å²) >= 11 is 0. The first kappa shape index (κ1) is 8.31. The number of hydrogen-bond acceptors (Lipinski definition) is 0. The van der Waals surface area contributed by atoms with E-state index in [0.29, 0.717) is 0 Å². The van der Waals surface area contributed by atoms with Crippen LogP contribution in [0, 0.1) is 5.95 Å². The van der Waals surface area contributed by atoms with Gasteiger partial charge in [0, 0.05) is 13.2 Å². The summed E-state index contributed by atoms with van der Waals surface area (Å²) in [6.07, 6.45) is 1.83. The van der Waals surface area contributed by atoms with E-state index in [2.05, 4.69) is 20.8 Å². The second-order valence-corrected chi connectivity index (χ2v) is 3.91. The van der Waals surface area contributed by atoms with Crippen LogP contribution >= 0.6 is 0 Å². The van der Waals surface area contributed by atoms with Crippen molar-refractivity contribution in [1.82, 2.24) is 4.57 Å². The lowest BCUT2D eigenvalue weighted by molar-refractivity contribution is 0.535. The Morgan fingerprint density at radius 1 is 1.36 bits per heavy atom. The van der Waals surface area contributed by atoms with Crippen LogP contribution in [0.25, 0.3) is 0 Å². The molecule has 0 aliphatic rings. The van der Waals surface area contributed by atoms with Crippen molar-refractivity contribution in [2.75, 3.05) is 0 Å². The Kier molecular flexibility index (Phi) is 1.78. The average Bonchev–Trinajstić information content (AvgIpc) is 2.11. The highest BCUT2D eigenvalue weighted by atomic mass is 19.1. The Balaban J connectivity index is 3.08. The molecule has 62 valence electrons. The zero-order chi connectivity index (χ0) is 8.65. The summed E-state index contributed by atoms with van der Waals surface area (Å²) in [5.41, 5.74) is 1.08. The number of rotatable bonds is 0. The molecule has 0 radical (unpaired) electrons. The summed E-state index contributed by atoms with van der Waals surface area (Å²) in [6.45, 7) is 6.21. The molecule has 0 saturated heterocycles. The third-order valence-electron chi connectivity index (χ3n) is 1.81. The van der Waals surface area contributed by atoms with Crippen molar-refractivity contribution in [3.05, 3.63) is 23.8 Å². The largest absolute Gasteiger partial charge is 0.328 e. The van der Waals surface area contributed by atoms with Gasteiger partial charge in [0.2, 0.25) is 0 Å². The fourth-order valence-electron chi connectivity index (χ4n) is 0.948. The normalized spacial score (nSPS) is 12.1. The summed E-state index contributed by atoms with van der Waals surface area (Å²) in [5.74, 6) is -0.171. The molecule has 0 fully saturated rings. The molecule has 0 amide bonds. The highest BCUT2D eigenvalue weighted by molar-refractivity contribution is 5.20. The molecule has 0 aliphatic carbocycles. The maximum atomic E-state index is 12.8. The van der Waals surface area contributed by atoms with Crippen LogP contribution in [0.4, 0.5) is 4.39 Å². The number of aryl methyl sites for hydroxylation is 1. The lowest BCUT2D eigenvalue weighted by Crippen LogP contribution is -2.09. The molecule has 0 aromatic carbocycles. The quantitative estimate of drug-likeness (QED) is 0.542. The highest BCUT2D eigenvalue weighted by Gasteiger charge is 2.16. The highest BCUT2D eigenvalue weighted by Crippen LogP contribution is 2.22. The van der Waals surface area contributed by atoms with Crippen molar-refractivity contribution in [1.29, 1.82) is 0 Å². The number of hydrogen-bond donors (Lipinski definition) is 0. The SMILES string of the molecule is Cn1cc(C(C)(C)C)cc1F. The van der Waals surface area contributed by atoms with E-state index in [-0.39, 0.29) is 11.4 Å². The fraction of sp³-hybridized carbons (Fsp3) is 0.556. The Morgan fingerprint density at radius 2 is 1.91 bits per heavy atom. The molecule has 2 heteroatoms. The van der Waals surface area contributed by atoms with E-state index in [1.807, 2.05) is 6.20 Å². The first-order valence-corrected chi connectivity index (χ1v) is 3.73. The number of aromatic nitrogens is 1. The summed E-state index contributed by atoms with van der Waals surface area (Å²) in [6, 6.07) is 1.58. The monoisotopic (exact) mass is 155 g/mol. The van der Waals surface area contributed by atoms with Crippen molar-refractivity contribution < 1.29 is 4.39 Å². The maximum absolute atomic E-state index is 12.8. The van der Waals surface area contributed by atoms with Gasteiger partial charge >= 0.3 is 0 Å². The van der Waals surface area contributed by atoms with Crippen molar-refractivity contribution in [3.63, 3.8) is 0 Å². The van der Waals surface area contributed by atoms with Gasteiger partial charge in [-0.15, -0.1) is 0 Å². The molecular weight excluding hydrogens is 141 g/mol.